The maximum Gasteiger partial charge on any atom is 0.309 e. The van der Waals surface area contributed by atoms with Crippen molar-refractivity contribution in [1.29, 1.82) is 0 Å². The highest BCUT2D eigenvalue weighted by Crippen LogP contribution is 2.36. The molecule has 1 aromatic rings. The van der Waals surface area contributed by atoms with E-state index >= 15 is 0 Å². The fourth-order valence-electron chi connectivity index (χ4n) is 4.85. The van der Waals surface area contributed by atoms with Gasteiger partial charge in [-0.3, -0.25) is 9.59 Å². The molecular formula is C26H39NO7S. The summed E-state index contributed by atoms with van der Waals surface area (Å²) in [5.74, 6) is -1.66. The molecule has 0 saturated carbocycles. The molecule has 0 aromatic carbocycles. The number of esters is 1. The van der Waals surface area contributed by atoms with Crippen molar-refractivity contribution >= 4 is 29.2 Å². The molecule has 2 fully saturated rings. The predicted molar refractivity (Wildman–Crippen MR) is 132 cm³/mol. The minimum Gasteiger partial charge on any atom is -0.617 e. The lowest BCUT2D eigenvalue weighted by molar-refractivity contribution is -0.608. The van der Waals surface area contributed by atoms with Gasteiger partial charge in [-0.15, -0.1) is 0 Å². The Labute approximate surface area is 211 Å². The molecular weight excluding hydrogens is 470 g/mol. The fraction of sp³-hybridized carbons (Fsp3) is 0.731. The van der Waals surface area contributed by atoms with Gasteiger partial charge in [-0.2, -0.15) is 4.73 Å². The lowest BCUT2D eigenvalue weighted by atomic mass is 9.73. The number of hydrogen-bond acceptors (Lipinski definition) is 8. The summed E-state index contributed by atoms with van der Waals surface area (Å²) in [6, 6.07) is 0. The first-order chi connectivity index (χ1) is 16.3. The number of thiazole rings is 1. The number of ketones is 1. The smallest absolute Gasteiger partial charge is 0.309 e. The van der Waals surface area contributed by atoms with E-state index in [1.54, 1.807) is 39.2 Å². The molecule has 196 valence electrons. The van der Waals surface area contributed by atoms with E-state index in [0.29, 0.717) is 22.7 Å². The third-order valence-electron chi connectivity index (χ3n) is 7.65. The molecule has 0 amide bonds. The van der Waals surface area contributed by atoms with E-state index < -0.39 is 35.6 Å². The number of aromatic nitrogens is 1. The van der Waals surface area contributed by atoms with Crippen LogP contribution in [-0.4, -0.2) is 52.5 Å². The number of carbonyl (C=O) groups is 2. The number of aryl methyl sites for hydroxylation is 1. The van der Waals surface area contributed by atoms with Crippen LogP contribution in [0.25, 0.3) is 6.08 Å². The van der Waals surface area contributed by atoms with Crippen LogP contribution >= 0.6 is 11.3 Å². The first-order valence-electron chi connectivity index (χ1n) is 12.4. The van der Waals surface area contributed by atoms with Crippen molar-refractivity contribution in [2.45, 2.75) is 104 Å². The molecule has 0 spiro atoms. The summed E-state index contributed by atoms with van der Waals surface area (Å²) in [4.78, 5) is 26.0. The summed E-state index contributed by atoms with van der Waals surface area (Å²) < 4.78 is 12.5. The van der Waals surface area contributed by atoms with Gasteiger partial charge in [0.15, 0.2) is 0 Å². The molecule has 1 aromatic heterocycles. The average Bonchev–Trinajstić information content (AvgIpc) is 3.47. The van der Waals surface area contributed by atoms with Crippen molar-refractivity contribution in [3.05, 3.63) is 26.9 Å². The van der Waals surface area contributed by atoms with E-state index in [9.17, 15) is 25.0 Å². The number of aliphatic hydroxyl groups is 2. The van der Waals surface area contributed by atoms with Gasteiger partial charge < -0.3 is 24.9 Å². The van der Waals surface area contributed by atoms with Crippen molar-refractivity contribution < 1.29 is 34.0 Å². The molecule has 0 bridgehead atoms. The Morgan fingerprint density at radius 1 is 1.23 bits per heavy atom. The van der Waals surface area contributed by atoms with Crippen molar-refractivity contribution in [2.75, 3.05) is 0 Å². The number of rotatable bonds is 2. The Hall–Kier alpha value is -1.81. The molecule has 2 N–H and O–H groups in total. The van der Waals surface area contributed by atoms with Gasteiger partial charge >= 0.3 is 5.97 Å². The molecule has 2 aliphatic heterocycles. The van der Waals surface area contributed by atoms with Crippen molar-refractivity contribution in [1.82, 2.24) is 0 Å². The van der Waals surface area contributed by atoms with E-state index in [-0.39, 0.29) is 30.3 Å². The Kier molecular flexibility index (Phi) is 8.78. The zero-order valence-electron chi connectivity index (χ0n) is 21.5. The summed E-state index contributed by atoms with van der Waals surface area (Å²) in [6.07, 6.45) is 1.53. The van der Waals surface area contributed by atoms with Gasteiger partial charge in [0.1, 0.15) is 11.9 Å². The summed E-state index contributed by atoms with van der Waals surface area (Å²) in [5.41, 5.74) is -0.0371. The van der Waals surface area contributed by atoms with Gasteiger partial charge in [-0.1, -0.05) is 45.5 Å². The molecule has 7 atom stereocenters. The van der Waals surface area contributed by atoms with Crippen LogP contribution in [-0.2, 0) is 19.1 Å². The van der Waals surface area contributed by atoms with E-state index in [1.807, 2.05) is 13.8 Å². The third-order valence-corrected chi connectivity index (χ3v) is 8.51. The molecule has 3 rings (SSSR count). The predicted octanol–water partition coefficient (Wildman–Crippen LogP) is 3.33. The summed E-state index contributed by atoms with van der Waals surface area (Å²) >= 11 is 1.35. The number of nitrogens with zero attached hydrogens (tertiary/aromatic N) is 1. The number of ether oxygens (including phenoxy) is 2. The van der Waals surface area contributed by atoms with Gasteiger partial charge in [-0.25, -0.2) is 0 Å². The van der Waals surface area contributed by atoms with Crippen LogP contribution in [0.5, 0.6) is 0 Å². The number of hydrogen-bond donors (Lipinski definition) is 2. The van der Waals surface area contributed by atoms with E-state index in [4.69, 9.17) is 9.47 Å². The molecule has 0 aliphatic carbocycles. The van der Waals surface area contributed by atoms with Gasteiger partial charge in [0.2, 0.25) is 10.7 Å². The Bertz CT molecular complexity index is 955. The Morgan fingerprint density at radius 2 is 1.91 bits per heavy atom. The van der Waals surface area contributed by atoms with Crippen LogP contribution in [0.3, 0.4) is 0 Å². The molecule has 35 heavy (non-hydrogen) atoms. The molecule has 0 radical (unpaired) electrons. The van der Waals surface area contributed by atoms with E-state index in [1.165, 1.54) is 11.3 Å². The van der Waals surface area contributed by atoms with E-state index in [0.717, 1.165) is 24.0 Å². The number of carbonyl (C=O) groups excluding carboxylic acids is 2. The number of cyclic esters (lactones) is 1. The van der Waals surface area contributed by atoms with Gasteiger partial charge in [0.25, 0.3) is 0 Å². The monoisotopic (exact) mass is 509 g/mol. The minimum atomic E-state index is -1.27. The second-order valence-electron chi connectivity index (χ2n) is 10.8. The van der Waals surface area contributed by atoms with Gasteiger partial charge in [0, 0.05) is 25.3 Å². The van der Waals surface area contributed by atoms with Crippen molar-refractivity contribution in [2.24, 2.45) is 17.3 Å². The second-order valence-corrected chi connectivity index (χ2v) is 11.8. The van der Waals surface area contributed by atoms with E-state index in [2.05, 4.69) is 0 Å². The number of aliphatic hydroxyl groups excluding tert-OH is 2. The van der Waals surface area contributed by atoms with Gasteiger partial charge in [0.05, 0.1) is 41.6 Å². The molecule has 9 heteroatoms. The quantitative estimate of drug-likeness (QED) is 0.271. The number of Topliss-reactive ketones (excluding diaryl/α,β-unsaturated/α-hetero) is 1. The average molecular weight is 510 g/mol. The van der Waals surface area contributed by atoms with Crippen LogP contribution in [0.1, 0.15) is 77.4 Å². The first-order valence-corrected chi connectivity index (χ1v) is 13.3. The maximum atomic E-state index is 13.2. The molecule has 8 nitrogen and oxygen atoms in total. The zero-order valence-corrected chi connectivity index (χ0v) is 22.3. The SMILES string of the molecule is C/C(=C\c1csc(C)[n+]1[O-])[C@@H]1C[C@@H]2O[C@@H]2CCC[C@H](C)[C@H](O)[C@@H](C)C(=O)C(C)(C)[C@@H](O)CC(=O)O1. The summed E-state index contributed by atoms with van der Waals surface area (Å²) in [7, 11) is 0. The van der Waals surface area contributed by atoms with Crippen LogP contribution < -0.4 is 4.73 Å². The first kappa shape index (κ1) is 27.8. The van der Waals surface area contributed by atoms with Crippen LogP contribution in [0.2, 0.25) is 0 Å². The molecule has 2 aliphatic rings. The largest absolute Gasteiger partial charge is 0.617 e. The highest BCUT2D eigenvalue weighted by Gasteiger charge is 2.44. The fourth-order valence-corrected chi connectivity index (χ4v) is 5.51. The standard InChI is InChI=1S/C26H39NO7S/c1-14-8-7-9-19-21(33-19)11-20(15(2)10-18-13-35-17(4)27(18)32)34-23(29)12-22(28)26(5,6)25(31)16(3)24(14)30/h10,13-14,16,19-22,24,28,30H,7-9,11-12H2,1-6H3/b15-10+/t14-,16+,19+,20-,21-,22-,24-/m0/s1. The van der Waals surface area contributed by atoms with Gasteiger partial charge in [-0.05, 0) is 31.3 Å². The molecule has 2 saturated heterocycles. The van der Waals surface area contributed by atoms with Crippen LogP contribution in [0.15, 0.2) is 11.0 Å². The minimum absolute atomic E-state index is 0.0534. The number of fused-ring (bicyclic) bond motifs is 1. The van der Waals surface area contributed by atoms with Crippen molar-refractivity contribution in [3.8, 4) is 0 Å². The highest BCUT2D eigenvalue weighted by atomic mass is 32.1. The maximum absolute atomic E-state index is 13.2. The summed E-state index contributed by atoms with van der Waals surface area (Å²) in [5, 5.41) is 36.2. The summed E-state index contributed by atoms with van der Waals surface area (Å²) in [6.45, 7) is 10.4. The zero-order chi connectivity index (χ0) is 26.1. The lowest BCUT2D eigenvalue weighted by Gasteiger charge is -2.34. The van der Waals surface area contributed by atoms with Crippen molar-refractivity contribution in [3.63, 3.8) is 0 Å². The Morgan fingerprint density at radius 3 is 2.54 bits per heavy atom. The highest BCUT2D eigenvalue weighted by molar-refractivity contribution is 7.09. The number of epoxide rings is 1. The van der Waals surface area contributed by atoms with Crippen LogP contribution in [0, 0.1) is 29.4 Å². The lowest BCUT2D eigenvalue weighted by Crippen LogP contribution is -2.45. The van der Waals surface area contributed by atoms with Crippen LogP contribution in [0.4, 0.5) is 0 Å². The third kappa shape index (κ3) is 6.50. The second kappa shape index (κ2) is 11.1. The topological polar surface area (TPSA) is 123 Å². The molecule has 3 heterocycles. The molecule has 0 unspecified atom stereocenters. The Balaban J connectivity index is 1.84. The normalized spacial score (nSPS) is 35.3.